The highest BCUT2D eigenvalue weighted by Gasteiger charge is 2.53. The molecule has 216 valence electrons. The Morgan fingerprint density at radius 1 is 1.02 bits per heavy atom. The number of hydrogen-bond acceptors (Lipinski definition) is 6. The van der Waals surface area contributed by atoms with Gasteiger partial charge in [0.15, 0.2) is 0 Å². The number of hydrogen-bond donors (Lipinski definition) is 2. The van der Waals surface area contributed by atoms with E-state index in [1.807, 2.05) is 17.0 Å². The Labute approximate surface area is 242 Å². The minimum absolute atomic E-state index is 0.0223. The van der Waals surface area contributed by atoms with Crippen LogP contribution in [0.5, 0.6) is 0 Å². The van der Waals surface area contributed by atoms with Gasteiger partial charge in [-0.05, 0) is 43.2 Å². The monoisotopic (exact) mass is 586 g/mol. The fourth-order valence-electron chi connectivity index (χ4n) is 5.97. The Kier molecular flexibility index (Phi) is 8.41. The Bertz CT molecular complexity index is 1390. The van der Waals surface area contributed by atoms with Crippen LogP contribution in [-0.4, -0.2) is 67.3 Å². The van der Waals surface area contributed by atoms with Gasteiger partial charge in [-0.2, -0.15) is 4.31 Å². The van der Waals surface area contributed by atoms with Crippen LogP contribution in [0.4, 0.5) is 5.69 Å². The number of nitrogens with one attached hydrogen (secondary N) is 2. The van der Waals surface area contributed by atoms with E-state index in [1.165, 1.54) is 4.31 Å². The second-order valence-corrected chi connectivity index (χ2v) is 14.7. The number of ether oxygens (including phenoxy) is 1. The zero-order valence-corrected chi connectivity index (χ0v) is 25.6. The molecule has 0 radical (unpaired) electrons. The molecule has 0 unspecified atom stereocenters. The molecule has 0 aromatic heterocycles. The molecule has 8 nitrogen and oxygen atoms in total. The van der Waals surface area contributed by atoms with Gasteiger partial charge in [-0.15, -0.1) is 0 Å². The van der Waals surface area contributed by atoms with E-state index in [9.17, 15) is 13.2 Å². The Balaban J connectivity index is 1.73. The molecule has 0 atom stereocenters. The standard InChI is InChI=1S/C30H39ClN4O4S/c1-20(2)40(37,38)35-16-14-34(15-17-35)25(19-32)26(27(36)33-22-11-9-10-21(31)18-22)39-28-29(3,4)23-12-7-8-13-24(23)30(28,5)6/h7-13,18-20,28,32H,14-17H2,1-6H3,(H,33,36)/b26-25-,32-19?. The normalized spacial score (nSPS) is 19.6. The fourth-order valence-corrected chi connectivity index (χ4v) is 7.43. The van der Waals surface area contributed by atoms with Crippen LogP contribution in [0.25, 0.3) is 0 Å². The van der Waals surface area contributed by atoms with Gasteiger partial charge >= 0.3 is 0 Å². The minimum atomic E-state index is -3.41. The second kappa shape index (κ2) is 11.2. The molecule has 40 heavy (non-hydrogen) atoms. The fraction of sp³-hybridized carbons (Fsp3) is 0.467. The van der Waals surface area contributed by atoms with Crippen LogP contribution in [0.15, 0.2) is 60.0 Å². The number of sulfonamides is 1. The van der Waals surface area contributed by atoms with E-state index in [2.05, 4.69) is 45.1 Å². The summed E-state index contributed by atoms with van der Waals surface area (Å²) in [6.45, 7) is 12.9. The summed E-state index contributed by atoms with van der Waals surface area (Å²) < 4.78 is 33.7. The first-order valence-corrected chi connectivity index (χ1v) is 15.4. The van der Waals surface area contributed by atoms with Gasteiger partial charge in [0.05, 0.1) is 5.25 Å². The topological polar surface area (TPSA) is 103 Å². The van der Waals surface area contributed by atoms with Gasteiger partial charge in [-0.3, -0.25) is 4.79 Å². The third-order valence-corrected chi connectivity index (χ3v) is 10.6. The molecule has 2 aromatic rings. The maximum Gasteiger partial charge on any atom is 0.293 e. The predicted molar refractivity (Wildman–Crippen MR) is 160 cm³/mol. The van der Waals surface area contributed by atoms with E-state index >= 15 is 0 Å². The Morgan fingerprint density at radius 2 is 1.60 bits per heavy atom. The van der Waals surface area contributed by atoms with Gasteiger partial charge < -0.3 is 20.4 Å². The van der Waals surface area contributed by atoms with E-state index in [4.69, 9.17) is 21.7 Å². The first-order valence-electron chi connectivity index (χ1n) is 13.5. The van der Waals surface area contributed by atoms with Crippen LogP contribution in [0, 0.1) is 5.41 Å². The molecular weight excluding hydrogens is 548 g/mol. The van der Waals surface area contributed by atoms with E-state index in [0.717, 1.165) is 17.3 Å². The summed E-state index contributed by atoms with van der Waals surface area (Å²) in [5.74, 6) is -0.477. The summed E-state index contributed by atoms with van der Waals surface area (Å²) in [5, 5.41) is 11.2. The molecule has 4 rings (SSSR count). The molecular formula is C30H39ClN4O4S. The zero-order valence-electron chi connectivity index (χ0n) is 24.0. The number of amides is 1. The van der Waals surface area contributed by atoms with Gasteiger partial charge in [-0.25, -0.2) is 8.42 Å². The maximum absolute atomic E-state index is 13.9. The summed E-state index contributed by atoms with van der Waals surface area (Å²) in [6.07, 6.45) is 0.705. The molecule has 0 spiro atoms. The van der Waals surface area contributed by atoms with Crippen molar-refractivity contribution in [2.24, 2.45) is 0 Å². The third kappa shape index (κ3) is 5.51. The third-order valence-electron chi connectivity index (χ3n) is 8.06. The van der Waals surface area contributed by atoms with Crippen molar-refractivity contribution >= 4 is 39.4 Å². The molecule has 2 aromatic carbocycles. The van der Waals surface area contributed by atoms with Gasteiger partial charge in [-0.1, -0.05) is 69.6 Å². The molecule has 2 aliphatic rings. The first-order chi connectivity index (χ1) is 18.7. The number of anilines is 1. The number of allylic oxidation sites excluding steroid dienone is 1. The number of carbonyl (C=O) groups excluding carboxylic acids is 1. The smallest absolute Gasteiger partial charge is 0.293 e. The molecule has 0 saturated carbocycles. The molecule has 1 saturated heterocycles. The predicted octanol–water partition coefficient (Wildman–Crippen LogP) is 5.15. The molecule has 1 fully saturated rings. The zero-order chi connectivity index (χ0) is 29.5. The average Bonchev–Trinajstić information content (AvgIpc) is 3.05. The lowest BCUT2D eigenvalue weighted by molar-refractivity contribution is -0.118. The van der Waals surface area contributed by atoms with Crippen LogP contribution in [0.3, 0.4) is 0 Å². The van der Waals surface area contributed by atoms with Gasteiger partial charge in [0.1, 0.15) is 11.8 Å². The highest BCUT2D eigenvalue weighted by atomic mass is 35.5. The number of halogens is 1. The van der Waals surface area contributed by atoms with E-state index in [-0.39, 0.29) is 18.8 Å². The van der Waals surface area contributed by atoms with Gasteiger partial charge in [0.25, 0.3) is 5.91 Å². The molecule has 1 aliphatic carbocycles. The average molecular weight is 587 g/mol. The number of nitrogens with zero attached hydrogens (tertiary/aromatic N) is 2. The lowest BCUT2D eigenvalue weighted by Gasteiger charge is -2.39. The summed E-state index contributed by atoms with van der Waals surface area (Å²) >= 11 is 6.16. The number of fused-ring (bicyclic) bond motifs is 1. The molecule has 10 heteroatoms. The summed E-state index contributed by atoms with van der Waals surface area (Å²) in [6, 6.07) is 15.1. The van der Waals surface area contributed by atoms with Crippen molar-refractivity contribution in [1.29, 1.82) is 5.41 Å². The highest BCUT2D eigenvalue weighted by molar-refractivity contribution is 7.89. The van der Waals surface area contributed by atoms with Crippen molar-refractivity contribution in [2.75, 3.05) is 31.5 Å². The molecule has 1 heterocycles. The number of piperazine rings is 1. The second-order valence-electron chi connectivity index (χ2n) is 11.8. The molecule has 0 bridgehead atoms. The quantitative estimate of drug-likeness (QED) is 0.253. The van der Waals surface area contributed by atoms with Crippen LogP contribution in [0.1, 0.15) is 52.7 Å². The lowest BCUT2D eigenvalue weighted by atomic mass is 9.78. The van der Waals surface area contributed by atoms with Crippen molar-refractivity contribution in [3.63, 3.8) is 0 Å². The summed E-state index contributed by atoms with van der Waals surface area (Å²) in [7, 11) is -3.41. The van der Waals surface area contributed by atoms with E-state index < -0.39 is 38.1 Å². The molecule has 1 amide bonds. The maximum atomic E-state index is 13.9. The van der Waals surface area contributed by atoms with E-state index in [1.54, 1.807) is 38.1 Å². The minimum Gasteiger partial charge on any atom is -0.481 e. The van der Waals surface area contributed by atoms with Crippen LogP contribution < -0.4 is 5.32 Å². The molecule has 1 aliphatic heterocycles. The van der Waals surface area contributed by atoms with Gasteiger partial charge in [0, 0.05) is 53.9 Å². The first kappa shape index (κ1) is 30.1. The van der Waals surface area contributed by atoms with Crippen LogP contribution in [0.2, 0.25) is 5.02 Å². The number of benzene rings is 2. The van der Waals surface area contributed by atoms with Gasteiger partial charge in [0.2, 0.25) is 15.8 Å². The van der Waals surface area contributed by atoms with Crippen LogP contribution in [-0.2, 0) is 30.4 Å². The number of rotatable bonds is 8. The highest BCUT2D eigenvalue weighted by Crippen LogP contribution is 2.51. The van der Waals surface area contributed by atoms with E-state index in [0.29, 0.717) is 29.5 Å². The number of carbonyl (C=O) groups is 1. The Morgan fingerprint density at radius 3 is 2.10 bits per heavy atom. The summed E-state index contributed by atoms with van der Waals surface area (Å²) in [4.78, 5) is 15.7. The largest absolute Gasteiger partial charge is 0.481 e. The van der Waals surface area contributed by atoms with Crippen LogP contribution >= 0.6 is 11.6 Å². The van der Waals surface area contributed by atoms with Crippen molar-refractivity contribution in [3.05, 3.63) is 76.1 Å². The lowest BCUT2D eigenvalue weighted by Crippen LogP contribution is -2.51. The summed E-state index contributed by atoms with van der Waals surface area (Å²) in [5.41, 5.74) is 2.26. The van der Waals surface area contributed by atoms with Crippen molar-refractivity contribution in [1.82, 2.24) is 9.21 Å². The Hall–Kier alpha value is -2.88. The SMILES string of the molecule is CC(C)S(=O)(=O)N1CCN(/C(C=N)=C(\OC2C(C)(C)c3ccccc3C2(C)C)C(=O)Nc2cccc(Cl)c2)CC1. The molecule has 2 N–H and O–H groups in total. The van der Waals surface area contributed by atoms with Crippen molar-refractivity contribution < 1.29 is 17.9 Å². The van der Waals surface area contributed by atoms with Crippen molar-refractivity contribution in [2.45, 2.75) is 63.7 Å². The van der Waals surface area contributed by atoms with Crippen molar-refractivity contribution in [3.8, 4) is 0 Å².